The van der Waals surface area contributed by atoms with Crippen molar-refractivity contribution >= 4 is 17.4 Å². The van der Waals surface area contributed by atoms with E-state index in [4.69, 9.17) is 10.5 Å². The van der Waals surface area contributed by atoms with Crippen LogP contribution in [-0.4, -0.2) is 29.1 Å². The maximum Gasteiger partial charge on any atom is 0.273 e. The Hall–Kier alpha value is -1.27. The van der Waals surface area contributed by atoms with Crippen molar-refractivity contribution in [3.05, 3.63) is 33.9 Å². The minimum atomic E-state index is -0.386. The summed E-state index contributed by atoms with van der Waals surface area (Å²) in [6, 6.07) is 4.93. The summed E-state index contributed by atoms with van der Waals surface area (Å²) in [5.41, 5.74) is 6.89. The van der Waals surface area contributed by atoms with Crippen LogP contribution in [0.2, 0.25) is 0 Å². The van der Waals surface area contributed by atoms with E-state index in [-0.39, 0.29) is 15.4 Å². The predicted octanol–water partition coefficient (Wildman–Crippen LogP) is 2.37. The number of nitrogens with two attached hydrogens (primary N) is 1. The first-order chi connectivity index (χ1) is 9.08. The molecule has 19 heavy (non-hydrogen) atoms. The van der Waals surface area contributed by atoms with Crippen LogP contribution in [0, 0.1) is 10.1 Å². The van der Waals surface area contributed by atoms with Crippen molar-refractivity contribution in [2.45, 2.75) is 24.0 Å². The molecule has 2 N–H and O–H groups in total. The topological polar surface area (TPSA) is 78.4 Å². The van der Waals surface area contributed by atoms with Crippen molar-refractivity contribution in [1.29, 1.82) is 0 Å². The molecule has 0 radical (unpaired) electrons. The number of ether oxygens (including phenoxy) is 1. The van der Waals surface area contributed by atoms with Gasteiger partial charge in [0.05, 0.1) is 18.1 Å². The van der Waals surface area contributed by atoms with Crippen LogP contribution in [0.1, 0.15) is 18.4 Å². The number of nitro benzene ring substituents is 1. The number of methoxy groups -OCH3 is 1. The van der Waals surface area contributed by atoms with Crippen LogP contribution < -0.4 is 10.5 Å². The number of nitro groups is 1. The lowest BCUT2D eigenvalue weighted by molar-refractivity contribution is -0.385. The van der Waals surface area contributed by atoms with Gasteiger partial charge in [0.25, 0.3) is 5.69 Å². The molecule has 0 aromatic heterocycles. The molecule has 1 aromatic carbocycles. The number of rotatable bonds is 5. The van der Waals surface area contributed by atoms with Gasteiger partial charge in [0.15, 0.2) is 0 Å². The highest BCUT2D eigenvalue weighted by molar-refractivity contribution is 8.00. The Morgan fingerprint density at radius 1 is 1.53 bits per heavy atom. The largest absolute Gasteiger partial charge is 0.496 e. The molecule has 0 spiro atoms. The molecule has 0 bridgehead atoms. The second kappa shape index (κ2) is 5.79. The molecule has 0 amide bonds. The number of hydrogen-bond acceptors (Lipinski definition) is 5. The minimum Gasteiger partial charge on any atom is -0.496 e. The lowest BCUT2D eigenvalue weighted by Gasteiger charge is -2.26. The van der Waals surface area contributed by atoms with Crippen LogP contribution in [0.25, 0.3) is 0 Å². The molecular weight excluding hydrogens is 264 g/mol. The number of thioether (sulfide) groups is 1. The van der Waals surface area contributed by atoms with Gasteiger partial charge in [-0.25, -0.2) is 0 Å². The number of non-ortho nitro benzene ring substituents is 1. The third-order valence-electron chi connectivity index (χ3n) is 3.48. The SMILES string of the molecule is COc1cc(CC2(CN)CCCS2)cc([N+](=O)[O-])c1. The van der Waals surface area contributed by atoms with Crippen molar-refractivity contribution in [2.24, 2.45) is 5.73 Å². The summed E-state index contributed by atoms with van der Waals surface area (Å²) in [5, 5.41) is 10.9. The molecule has 1 heterocycles. The average molecular weight is 282 g/mol. The van der Waals surface area contributed by atoms with E-state index in [2.05, 4.69) is 0 Å². The Labute approximate surface area is 116 Å². The molecule has 0 aliphatic carbocycles. The van der Waals surface area contributed by atoms with Crippen molar-refractivity contribution in [1.82, 2.24) is 0 Å². The molecule has 1 aliphatic rings. The first-order valence-corrected chi connectivity index (χ1v) is 7.23. The molecule has 1 aromatic rings. The molecule has 1 aliphatic heterocycles. The summed E-state index contributed by atoms with van der Waals surface area (Å²) in [7, 11) is 1.52. The zero-order chi connectivity index (χ0) is 13.9. The highest BCUT2D eigenvalue weighted by Gasteiger charge is 2.33. The van der Waals surface area contributed by atoms with E-state index in [1.165, 1.54) is 13.2 Å². The molecule has 2 rings (SSSR count). The van der Waals surface area contributed by atoms with E-state index in [0.29, 0.717) is 12.3 Å². The maximum atomic E-state index is 10.9. The zero-order valence-electron chi connectivity index (χ0n) is 10.9. The van der Waals surface area contributed by atoms with Gasteiger partial charge in [0, 0.05) is 17.4 Å². The van der Waals surface area contributed by atoms with Gasteiger partial charge in [-0.1, -0.05) is 0 Å². The van der Waals surface area contributed by atoms with E-state index in [1.807, 2.05) is 17.8 Å². The molecule has 1 saturated heterocycles. The van der Waals surface area contributed by atoms with Crippen LogP contribution in [0.3, 0.4) is 0 Å². The third-order valence-corrected chi connectivity index (χ3v) is 5.10. The third kappa shape index (κ3) is 3.19. The molecule has 6 heteroatoms. The summed E-state index contributed by atoms with van der Waals surface area (Å²) >= 11 is 1.88. The quantitative estimate of drug-likeness (QED) is 0.662. The van der Waals surface area contributed by atoms with Crippen LogP contribution >= 0.6 is 11.8 Å². The summed E-state index contributed by atoms with van der Waals surface area (Å²) in [6.07, 6.45) is 2.99. The number of nitrogens with zero attached hydrogens (tertiary/aromatic N) is 1. The number of hydrogen-bond donors (Lipinski definition) is 1. The fourth-order valence-corrected chi connectivity index (χ4v) is 3.87. The van der Waals surface area contributed by atoms with Gasteiger partial charge in [-0.05, 0) is 36.6 Å². The Morgan fingerprint density at radius 3 is 2.84 bits per heavy atom. The summed E-state index contributed by atoms with van der Waals surface area (Å²) in [5.74, 6) is 1.64. The van der Waals surface area contributed by atoms with Gasteiger partial charge in [0.2, 0.25) is 0 Å². The fraction of sp³-hybridized carbons (Fsp3) is 0.538. The van der Waals surface area contributed by atoms with Crippen LogP contribution in [0.5, 0.6) is 5.75 Å². The highest BCUT2D eigenvalue weighted by Crippen LogP contribution is 2.40. The molecule has 1 fully saturated rings. The van der Waals surface area contributed by atoms with Gasteiger partial charge in [-0.2, -0.15) is 11.8 Å². The second-order valence-electron chi connectivity index (χ2n) is 4.81. The van der Waals surface area contributed by atoms with Gasteiger partial charge in [0.1, 0.15) is 5.75 Å². The molecule has 5 nitrogen and oxygen atoms in total. The van der Waals surface area contributed by atoms with Crippen molar-refractivity contribution in [2.75, 3.05) is 19.4 Å². The second-order valence-corrected chi connectivity index (χ2v) is 6.38. The Balaban J connectivity index is 2.28. The van der Waals surface area contributed by atoms with Crippen molar-refractivity contribution in [3.8, 4) is 5.75 Å². The summed E-state index contributed by atoms with van der Waals surface area (Å²) < 4.78 is 5.16. The highest BCUT2D eigenvalue weighted by atomic mass is 32.2. The lowest BCUT2D eigenvalue weighted by Crippen LogP contribution is -2.34. The monoisotopic (exact) mass is 282 g/mol. The molecule has 1 atom stereocenters. The molecule has 104 valence electrons. The van der Waals surface area contributed by atoms with Crippen molar-refractivity contribution < 1.29 is 9.66 Å². The van der Waals surface area contributed by atoms with E-state index in [9.17, 15) is 10.1 Å². The van der Waals surface area contributed by atoms with E-state index in [1.54, 1.807) is 6.07 Å². The smallest absolute Gasteiger partial charge is 0.273 e. The first kappa shape index (κ1) is 14.1. The van der Waals surface area contributed by atoms with E-state index in [0.717, 1.165) is 30.6 Å². The first-order valence-electron chi connectivity index (χ1n) is 6.25. The number of benzene rings is 1. The Morgan fingerprint density at radius 2 is 2.32 bits per heavy atom. The Bertz CT molecular complexity index is 473. The standard InChI is InChI=1S/C13H18N2O3S/c1-18-12-6-10(5-11(7-12)15(16)17)8-13(9-14)3-2-4-19-13/h5-7H,2-4,8-9,14H2,1H3. The summed E-state index contributed by atoms with van der Waals surface area (Å²) in [6.45, 7) is 0.600. The predicted molar refractivity (Wildman–Crippen MR) is 76.8 cm³/mol. The van der Waals surface area contributed by atoms with Gasteiger partial charge < -0.3 is 10.5 Å². The van der Waals surface area contributed by atoms with Crippen LogP contribution in [-0.2, 0) is 6.42 Å². The normalized spacial score (nSPS) is 22.4. The summed E-state index contributed by atoms with van der Waals surface area (Å²) in [4.78, 5) is 10.5. The molecule has 0 saturated carbocycles. The molecule has 1 unspecified atom stereocenters. The fourth-order valence-electron chi connectivity index (χ4n) is 2.47. The molecular formula is C13H18N2O3S. The van der Waals surface area contributed by atoms with Crippen molar-refractivity contribution in [3.63, 3.8) is 0 Å². The van der Waals surface area contributed by atoms with Crippen LogP contribution in [0.4, 0.5) is 5.69 Å². The van der Waals surface area contributed by atoms with Gasteiger partial charge >= 0.3 is 0 Å². The van der Waals surface area contributed by atoms with Gasteiger partial charge in [-0.15, -0.1) is 0 Å². The van der Waals surface area contributed by atoms with E-state index < -0.39 is 0 Å². The Kier molecular flexibility index (Phi) is 4.31. The van der Waals surface area contributed by atoms with Crippen LogP contribution in [0.15, 0.2) is 18.2 Å². The zero-order valence-corrected chi connectivity index (χ0v) is 11.7. The lowest BCUT2D eigenvalue weighted by atomic mass is 9.94. The maximum absolute atomic E-state index is 10.9. The van der Waals surface area contributed by atoms with Gasteiger partial charge in [-0.3, -0.25) is 10.1 Å². The van der Waals surface area contributed by atoms with E-state index >= 15 is 0 Å². The average Bonchev–Trinajstić information content (AvgIpc) is 2.87. The minimum absolute atomic E-state index is 0.0280.